The summed E-state index contributed by atoms with van der Waals surface area (Å²) in [7, 11) is 0. The Morgan fingerprint density at radius 3 is 1.45 bits per heavy atom. The summed E-state index contributed by atoms with van der Waals surface area (Å²) in [5.41, 5.74) is 8.21. The van der Waals surface area contributed by atoms with Crippen LogP contribution in [0.1, 0.15) is 31.9 Å². The molecule has 0 fully saturated rings. The van der Waals surface area contributed by atoms with E-state index in [0.717, 1.165) is 6.42 Å². The third-order valence-corrected chi connectivity index (χ3v) is 16.0. The molecule has 0 spiro atoms. The van der Waals surface area contributed by atoms with Gasteiger partial charge in [-0.25, -0.2) is 0 Å². The van der Waals surface area contributed by atoms with Gasteiger partial charge in [0.25, 0.3) is 0 Å². The SMILES string of the molecule is CC[Si](=[Zr+2])CC.CCc1cc2c(-c3ccc4ccccc4c3)cccc2[cH-]1.Cc1cc2c(-c3ccc4ccccc4c3)cccc2[cH-]1.[Cl-].[Cl-]. The fourth-order valence-corrected chi connectivity index (χ4v) is 6.85. The molecule has 4 heteroatoms. The Labute approximate surface area is 319 Å². The summed E-state index contributed by atoms with van der Waals surface area (Å²) in [5, 5.41) is 10.6. The minimum atomic E-state index is 0. The van der Waals surface area contributed by atoms with Crippen LogP contribution in [0.15, 0.2) is 146 Å². The van der Waals surface area contributed by atoms with E-state index in [1.807, 2.05) is 0 Å². The zero-order chi connectivity index (χ0) is 32.8. The molecule has 0 saturated carbocycles. The van der Waals surface area contributed by atoms with Gasteiger partial charge < -0.3 is 24.8 Å². The summed E-state index contributed by atoms with van der Waals surface area (Å²) in [5.74, 6) is 0. The minimum Gasteiger partial charge on any atom is -1.00 e. The third kappa shape index (κ3) is 9.11. The fourth-order valence-electron chi connectivity index (χ4n) is 6.35. The minimum absolute atomic E-state index is 0. The van der Waals surface area contributed by atoms with Gasteiger partial charge in [-0.05, 0) is 51.2 Å². The van der Waals surface area contributed by atoms with Crippen LogP contribution in [0.2, 0.25) is 12.1 Å². The first-order valence-corrected chi connectivity index (χ1v) is 22.5. The summed E-state index contributed by atoms with van der Waals surface area (Å²) in [6, 6.07) is 55.8. The van der Waals surface area contributed by atoms with Crippen LogP contribution in [0.5, 0.6) is 0 Å². The van der Waals surface area contributed by atoms with Crippen molar-refractivity contribution in [2.24, 2.45) is 0 Å². The van der Waals surface area contributed by atoms with Crippen LogP contribution in [0.4, 0.5) is 0 Å². The van der Waals surface area contributed by atoms with E-state index in [1.54, 1.807) is 23.3 Å². The van der Waals surface area contributed by atoms with E-state index in [1.165, 1.54) is 88.6 Å². The Morgan fingerprint density at radius 2 is 0.980 bits per heavy atom. The number of hydrogen-bond donors (Lipinski definition) is 0. The predicted octanol–water partition coefficient (Wildman–Crippen LogP) is 7.20. The maximum Gasteiger partial charge on any atom is -0.0178 e. The van der Waals surface area contributed by atoms with Gasteiger partial charge in [-0.15, -0.1) is 69.1 Å². The summed E-state index contributed by atoms with van der Waals surface area (Å²) in [6.45, 7) is 8.97. The molecule has 0 nitrogen and oxygen atoms in total. The van der Waals surface area contributed by atoms with Crippen LogP contribution in [0.25, 0.3) is 65.3 Å². The van der Waals surface area contributed by atoms with Crippen molar-refractivity contribution in [3.63, 3.8) is 0 Å². The fraction of sp³-hybridized carbons (Fsp3) is 0.156. The molecule has 0 heterocycles. The van der Waals surface area contributed by atoms with E-state index in [0.29, 0.717) is 0 Å². The molecule has 0 atom stereocenters. The number of rotatable bonds is 5. The maximum atomic E-state index is 2.33. The molecule has 8 aromatic carbocycles. The Kier molecular flexibility index (Phi) is 14.2. The molecular weight excluding hydrogens is 731 g/mol. The van der Waals surface area contributed by atoms with Crippen molar-refractivity contribution in [2.75, 3.05) is 0 Å². The van der Waals surface area contributed by atoms with Crippen molar-refractivity contribution < 1.29 is 48.1 Å². The molecule has 8 rings (SSSR count). The second-order valence-electron chi connectivity index (χ2n) is 12.3. The Hall–Kier alpha value is -3.26. The summed E-state index contributed by atoms with van der Waals surface area (Å²) >= 11 is 1.80. The van der Waals surface area contributed by atoms with Crippen LogP contribution < -0.4 is 24.8 Å². The van der Waals surface area contributed by atoms with E-state index in [-0.39, 0.29) is 30.2 Å². The molecule has 0 saturated heterocycles. The van der Waals surface area contributed by atoms with Gasteiger partial charge in [0.1, 0.15) is 0 Å². The zero-order valence-corrected chi connectivity index (χ0v) is 33.7. The van der Waals surface area contributed by atoms with E-state index in [2.05, 4.69) is 173 Å². The molecule has 0 aromatic heterocycles. The van der Waals surface area contributed by atoms with E-state index in [9.17, 15) is 0 Å². The molecule has 0 bridgehead atoms. The van der Waals surface area contributed by atoms with E-state index in [4.69, 9.17) is 0 Å². The standard InChI is InChI=1S/C21H17.C20H15.C4H10Si.2ClH.Zr/c1-2-15-12-18-8-5-9-20(21(18)13-15)19-11-10-16-6-3-4-7-17(16)14-19;1-14-11-17-7-4-8-19(20(17)12-14)18-10-9-15-5-2-3-6-16(15)13-18;1-3-5-4-2;;;/h3-14H,2H2,1H3;2-13H,1H3;3-4H2,1-2H3;2*1H;/q2*-1;;;;+2/p-2. The molecule has 0 N–H and O–H groups in total. The normalized spacial score (nSPS) is 10.5. The van der Waals surface area contributed by atoms with Crippen molar-refractivity contribution >= 4 is 48.5 Å². The van der Waals surface area contributed by atoms with Crippen molar-refractivity contribution in [3.8, 4) is 22.3 Å². The molecule has 8 aromatic rings. The first-order valence-electron chi connectivity index (χ1n) is 16.9. The van der Waals surface area contributed by atoms with Crippen LogP contribution in [0.3, 0.4) is 0 Å². The molecule has 0 radical (unpaired) electrons. The molecule has 49 heavy (non-hydrogen) atoms. The molecule has 246 valence electrons. The van der Waals surface area contributed by atoms with Crippen molar-refractivity contribution in [1.29, 1.82) is 0 Å². The van der Waals surface area contributed by atoms with Crippen LogP contribution >= 0.6 is 0 Å². The smallest absolute Gasteiger partial charge is 0.0178 e. The number of halogens is 2. The molecule has 0 amide bonds. The summed E-state index contributed by atoms with van der Waals surface area (Å²) in [4.78, 5) is 0. The van der Waals surface area contributed by atoms with Crippen molar-refractivity contribution in [2.45, 2.75) is 46.2 Å². The van der Waals surface area contributed by atoms with Crippen LogP contribution in [-0.4, -0.2) is 5.43 Å². The average Bonchev–Trinajstić information content (AvgIpc) is 3.74. The van der Waals surface area contributed by atoms with Gasteiger partial charge in [0.2, 0.25) is 0 Å². The number of fused-ring (bicyclic) bond motifs is 4. The largest absolute Gasteiger partial charge is 1.00 e. The number of aryl methyl sites for hydroxylation is 2. The van der Waals surface area contributed by atoms with Gasteiger partial charge in [0, 0.05) is 0 Å². The van der Waals surface area contributed by atoms with Crippen molar-refractivity contribution in [1.82, 2.24) is 0 Å². The van der Waals surface area contributed by atoms with Crippen molar-refractivity contribution in [3.05, 3.63) is 157 Å². The van der Waals surface area contributed by atoms with Gasteiger partial charge in [-0.3, -0.25) is 0 Å². The third-order valence-electron chi connectivity index (χ3n) is 9.09. The van der Waals surface area contributed by atoms with Gasteiger partial charge >= 0.3 is 54.7 Å². The van der Waals surface area contributed by atoms with E-state index < -0.39 is 0 Å². The van der Waals surface area contributed by atoms with Gasteiger partial charge in [-0.1, -0.05) is 110 Å². The second kappa shape index (κ2) is 18.1. The first kappa shape index (κ1) is 38.5. The van der Waals surface area contributed by atoms with E-state index >= 15 is 0 Å². The monoisotopic (exact) mass is 770 g/mol. The number of benzene rings is 6. The second-order valence-corrected chi connectivity index (χ2v) is 20.1. The quantitative estimate of drug-likeness (QED) is 0.128. The summed E-state index contributed by atoms with van der Waals surface area (Å²) in [6.07, 6.45) is 1.09. The predicted molar refractivity (Wildman–Crippen MR) is 206 cm³/mol. The van der Waals surface area contributed by atoms with Gasteiger partial charge in [-0.2, -0.15) is 12.1 Å². The topological polar surface area (TPSA) is 0 Å². The first-order chi connectivity index (χ1) is 23.0. The summed E-state index contributed by atoms with van der Waals surface area (Å²) < 4.78 is 0. The molecule has 0 aliphatic heterocycles. The molecule has 0 aliphatic rings. The maximum absolute atomic E-state index is 2.33. The Morgan fingerprint density at radius 1 is 0.510 bits per heavy atom. The molecule has 0 unspecified atom stereocenters. The zero-order valence-electron chi connectivity index (χ0n) is 28.7. The molecule has 0 aliphatic carbocycles. The Balaban J connectivity index is 0.000000184. The number of hydrogen-bond acceptors (Lipinski definition) is 0. The molecular formula is C45H42Cl2SiZr-2. The Bertz CT molecular complexity index is 2300. The van der Waals surface area contributed by atoms with Crippen LogP contribution in [-0.2, 0) is 29.8 Å². The average molecular weight is 773 g/mol. The van der Waals surface area contributed by atoms with Gasteiger partial charge in [0.15, 0.2) is 0 Å². The van der Waals surface area contributed by atoms with Crippen LogP contribution in [0, 0.1) is 6.92 Å². The van der Waals surface area contributed by atoms with Gasteiger partial charge in [0.05, 0.1) is 0 Å².